The average molecular weight is 360 g/mol. The number of nitrogens with zero attached hydrogens (tertiary/aromatic N) is 2. The molecule has 2 rings (SSSR count). The number of unbranched alkanes of at least 4 members (excludes halogenated alkanes) is 2. The van der Waals surface area contributed by atoms with Crippen molar-refractivity contribution in [1.82, 2.24) is 15.5 Å². The van der Waals surface area contributed by atoms with Crippen LogP contribution in [0.2, 0.25) is 0 Å². The quantitative estimate of drug-likeness (QED) is 0.551. The van der Waals surface area contributed by atoms with Gasteiger partial charge in [-0.05, 0) is 12.0 Å². The Morgan fingerprint density at radius 2 is 2.00 bits per heavy atom. The summed E-state index contributed by atoms with van der Waals surface area (Å²) in [6.07, 6.45) is 3.48. The lowest BCUT2D eigenvalue weighted by Crippen LogP contribution is -2.49. The van der Waals surface area contributed by atoms with Crippen molar-refractivity contribution in [2.24, 2.45) is 5.16 Å². The van der Waals surface area contributed by atoms with Crippen molar-refractivity contribution in [3.63, 3.8) is 0 Å². The van der Waals surface area contributed by atoms with Gasteiger partial charge in [-0.3, -0.25) is 4.79 Å². The Kier molecular flexibility index (Phi) is 7.92. The molecule has 0 unspecified atom stereocenters. The van der Waals surface area contributed by atoms with Crippen LogP contribution < -0.4 is 10.6 Å². The summed E-state index contributed by atoms with van der Waals surface area (Å²) in [7, 11) is 1.46. The molecule has 1 atom stereocenters. The minimum atomic E-state index is -0.571. The number of hydrogen-bond acceptors (Lipinski definition) is 4. The SMILES string of the molecule is CCCCCNC(=O)N1CC(=NOC)C[C@H]1C(=O)NCc1ccccc1. The molecule has 0 saturated carbocycles. The van der Waals surface area contributed by atoms with Gasteiger partial charge in [-0.15, -0.1) is 0 Å². The van der Waals surface area contributed by atoms with Gasteiger partial charge >= 0.3 is 6.03 Å². The molecule has 1 saturated heterocycles. The van der Waals surface area contributed by atoms with E-state index in [4.69, 9.17) is 4.84 Å². The second kappa shape index (κ2) is 10.4. The zero-order valence-electron chi connectivity index (χ0n) is 15.5. The molecule has 1 fully saturated rings. The first kappa shape index (κ1) is 19.8. The highest BCUT2D eigenvalue weighted by Crippen LogP contribution is 2.17. The molecular weight excluding hydrogens is 332 g/mol. The minimum absolute atomic E-state index is 0.182. The van der Waals surface area contributed by atoms with Gasteiger partial charge in [-0.2, -0.15) is 0 Å². The maximum atomic E-state index is 12.6. The molecule has 1 aliphatic heterocycles. The van der Waals surface area contributed by atoms with Crippen LogP contribution >= 0.6 is 0 Å². The predicted molar refractivity (Wildman–Crippen MR) is 101 cm³/mol. The Balaban J connectivity index is 1.96. The molecule has 2 N–H and O–H groups in total. The van der Waals surface area contributed by atoms with Crippen molar-refractivity contribution in [2.45, 2.75) is 45.2 Å². The van der Waals surface area contributed by atoms with Gasteiger partial charge in [0.2, 0.25) is 5.91 Å². The van der Waals surface area contributed by atoms with Crippen LogP contribution in [-0.4, -0.2) is 48.8 Å². The van der Waals surface area contributed by atoms with Gasteiger partial charge in [0.25, 0.3) is 0 Å². The molecule has 142 valence electrons. The monoisotopic (exact) mass is 360 g/mol. The fourth-order valence-electron chi connectivity index (χ4n) is 2.92. The van der Waals surface area contributed by atoms with E-state index in [0.29, 0.717) is 31.8 Å². The van der Waals surface area contributed by atoms with E-state index in [1.165, 1.54) is 12.0 Å². The minimum Gasteiger partial charge on any atom is -0.399 e. The molecule has 1 heterocycles. The Morgan fingerprint density at radius 1 is 1.23 bits per heavy atom. The van der Waals surface area contributed by atoms with E-state index in [-0.39, 0.29) is 11.9 Å². The topological polar surface area (TPSA) is 83.0 Å². The van der Waals surface area contributed by atoms with Gasteiger partial charge in [0.05, 0.1) is 12.3 Å². The average Bonchev–Trinajstić information content (AvgIpc) is 3.08. The van der Waals surface area contributed by atoms with E-state index in [1.807, 2.05) is 30.3 Å². The highest BCUT2D eigenvalue weighted by molar-refractivity contribution is 6.00. The zero-order chi connectivity index (χ0) is 18.8. The Hall–Kier alpha value is -2.57. The smallest absolute Gasteiger partial charge is 0.318 e. The number of hydrogen-bond donors (Lipinski definition) is 2. The molecule has 0 spiro atoms. The van der Waals surface area contributed by atoms with Crippen molar-refractivity contribution in [2.75, 3.05) is 20.2 Å². The van der Waals surface area contributed by atoms with E-state index in [0.717, 1.165) is 24.8 Å². The summed E-state index contributed by atoms with van der Waals surface area (Å²) in [5, 5.41) is 9.73. The molecular formula is C19H28N4O3. The van der Waals surface area contributed by atoms with E-state index in [9.17, 15) is 9.59 Å². The number of benzene rings is 1. The third-order valence-electron chi connectivity index (χ3n) is 4.31. The fraction of sp³-hybridized carbons (Fsp3) is 0.526. The maximum Gasteiger partial charge on any atom is 0.318 e. The van der Waals surface area contributed by atoms with Crippen LogP contribution in [0.25, 0.3) is 0 Å². The number of oxime groups is 1. The van der Waals surface area contributed by atoms with Crippen LogP contribution in [0.15, 0.2) is 35.5 Å². The zero-order valence-corrected chi connectivity index (χ0v) is 15.5. The number of carbonyl (C=O) groups excluding carboxylic acids is 2. The van der Waals surface area contributed by atoms with Crippen LogP contribution in [0, 0.1) is 0 Å². The molecule has 1 aromatic carbocycles. The first-order chi connectivity index (χ1) is 12.7. The van der Waals surface area contributed by atoms with Crippen LogP contribution in [0.3, 0.4) is 0 Å². The molecule has 7 nitrogen and oxygen atoms in total. The summed E-state index contributed by atoms with van der Waals surface area (Å²) in [6.45, 7) is 3.46. The molecule has 0 bridgehead atoms. The molecule has 0 aliphatic carbocycles. The van der Waals surface area contributed by atoms with E-state index < -0.39 is 6.04 Å². The number of nitrogens with one attached hydrogen (secondary N) is 2. The summed E-state index contributed by atoms with van der Waals surface area (Å²) in [6, 6.07) is 8.88. The van der Waals surface area contributed by atoms with E-state index in [1.54, 1.807) is 0 Å². The van der Waals surface area contributed by atoms with Crippen LogP contribution in [-0.2, 0) is 16.2 Å². The maximum absolute atomic E-state index is 12.6. The summed E-state index contributed by atoms with van der Waals surface area (Å²) >= 11 is 0. The number of urea groups is 1. The number of amides is 3. The molecule has 0 radical (unpaired) electrons. The summed E-state index contributed by atoms with van der Waals surface area (Å²) in [5.41, 5.74) is 1.70. The predicted octanol–water partition coefficient (Wildman–Crippen LogP) is 2.28. The van der Waals surface area contributed by atoms with Crippen molar-refractivity contribution < 1.29 is 14.4 Å². The Bertz CT molecular complexity index is 618. The lowest BCUT2D eigenvalue weighted by atomic mass is 10.1. The van der Waals surface area contributed by atoms with Gasteiger partial charge < -0.3 is 20.4 Å². The molecule has 26 heavy (non-hydrogen) atoms. The third-order valence-corrected chi connectivity index (χ3v) is 4.31. The Labute approximate surface area is 154 Å². The molecule has 1 aromatic rings. The molecule has 3 amide bonds. The van der Waals surface area contributed by atoms with Crippen molar-refractivity contribution in [3.8, 4) is 0 Å². The normalized spacial score (nSPS) is 18.0. The van der Waals surface area contributed by atoms with Gasteiger partial charge in [-0.25, -0.2) is 4.79 Å². The van der Waals surface area contributed by atoms with E-state index in [2.05, 4.69) is 22.7 Å². The number of likely N-dealkylation sites (tertiary alicyclic amines) is 1. The van der Waals surface area contributed by atoms with Gasteiger partial charge in [0.1, 0.15) is 13.2 Å². The standard InChI is InChI=1S/C19H28N4O3/c1-3-4-8-11-20-19(25)23-14-16(22-26-2)12-17(23)18(24)21-13-15-9-6-5-7-10-15/h5-7,9-10,17H,3-4,8,11-14H2,1-2H3,(H,20,25)(H,21,24)/t17-/m0/s1. The lowest BCUT2D eigenvalue weighted by Gasteiger charge is -2.23. The van der Waals surface area contributed by atoms with E-state index >= 15 is 0 Å². The van der Waals surface area contributed by atoms with Gasteiger partial charge in [0, 0.05) is 19.5 Å². The first-order valence-corrected chi connectivity index (χ1v) is 9.10. The van der Waals surface area contributed by atoms with Crippen LogP contribution in [0.5, 0.6) is 0 Å². The van der Waals surface area contributed by atoms with Crippen LogP contribution in [0.1, 0.15) is 38.2 Å². The second-order valence-electron chi connectivity index (χ2n) is 6.33. The Morgan fingerprint density at radius 3 is 2.69 bits per heavy atom. The highest BCUT2D eigenvalue weighted by atomic mass is 16.6. The third kappa shape index (κ3) is 5.75. The van der Waals surface area contributed by atoms with Gasteiger partial charge in [0.15, 0.2) is 0 Å². The van der Waals surface area contributed by atoms with Crippen molar-refractivity contribution in [3.05, 3.63) is 35.9 Å². The van der Waals surface area contributed by atoms with Crippen molar-refractivity contribution in [1.29, 1.82) is 0 Å². The van der Waals surface area contributed by atoms with Crippen molar-refractivity contribution >= 4 is 17.6 Å². The lowest BCUT2D eigenvalue weighted by molar-refractivity contribution is -0.124. The molecule has 0 aromatic heterocycles. The first-order valence-electron chi connectivity index (χ1n) is 9.10. The summed E-state index contributed by atoms with van der Waals surface area (Å²) in [4.78, 5) is 31.5. The van der Waals surface area contributed by atoms with Crippen LogP contribution in [0.4, 0.5) is 4.79 Å². The second-order valence-corrected chi connectivity index (χ2v) is 6.33. The highest BCUT2D eigenvalue weighted by Gasteiger charge is 2.37. The summed E-state index contributed by atoms with van der Waals surface area (Å²) < 4.78 is 0. The number of carbonyl (C=O) groups is 2. The number of rotatable bonds is 8. The summed E-state index contributed by atoms with van der Waals surface area (Å²) in [5.74, 6) is -0.182. The molecule has 1 aliphatic rings. The largest absolute Gasteiger partial charge is 0.399 e. The van der Waals surface area contributed by atoms with Gasteiger partial charge in [-0.1, -0.05) is 55.3 Å². The molecule has 7 heteroatoms. The fourth-order valence-corrected chi connectivity index (χ4v) is 2.92.